The van der Waals surface area contributed by atoms with Crippen LogP contribution in [-0.2, 0) is 19.9 Å². The van der Waals surface area contributed by atoms with Crippen molar-refractivity contribution in [1.29, 1.82) is 0 Å². The number of carboxylic acid groups (broad SMARTS) is 1. The SMILES string of the molecule is Cc1csc(C(C)(C)NC(=O)[C@@H]2CC[C@H](C(=O)O)O2)n1. The summed E-state index contributed by atoms with van der Waals surface area (Å²) in [6.07, 6.45) is -0.785. The third kappa shape index (κ3) is 3.16. The Kier molecular flexibility index (Phi) is 4.10. The summed E-state index contributed by atoms with van der Waals surface area (Å²) in [5, 5.41) is 14.5. The van der Waals surface area contributed by atoms with Crippen molar-refractivity contribution in [2.75, 3.05) is 0 Å². The monoisotopic (exact) mass is 298 g/mol. The fourth-order valence-electron chi connectivity index (χ4n) is 2.09. The highest BCUT2D eigenvalue weighted by Gasteiger charge is 2.37. The smallest absolute Gasteiger partial charge is 0.332 e. The van der Waals surface area contributed by atoms with Gasteiger partial charge in [-0.3, -0.25) is 4.79 Å². The van der Waals surface area contributed by atoms with Gasteiger partial charge in [-0.2, -0.15) is 0 Å². The first-order valence-electron chi connectivity index (χ1n) is 6.42. The van der Waals surface area contributed by atoms with Gasteiger partial charge in [0.05, 0.1) is 5.54 Å². The maximum atomic E-state index is 12.2. The van der Waals surface area contributed by atoms with Gasteiger partial charge >= 0.3 is 5.97 Å². The van der Waals surface area contributed by atoms with Gasteiger partial charge in [0.15, 0.2) is 6.10 Å². The zero-order chi connectivity index (χ0) is 14.9. The van der Waals surface area contributed by atoms with E-state index >= 15 is 0 Å². The van der Waals surface area contributed by atoms with Crippen LogP contribution in [0.4, 0.5) is 0 Å². The number of rotatable bonds is 4. The first-order valence-corrected chi connectivity index (χ1v) is 7.30. The molecule has 0 spiro atoms. The van der Waals surface area contributed by atoms with Gasteiger partial charge in [-0.25, -0.2) is 9.78 Å². The van der Waals surface area contributed by atoms with Gasteiger partial charge in [0.2, 0.25) is 5.91 Å². The van der Waals surface area contributed by atoms with Gasteiger partial charge in [-0.1, -0.05) is 0 Å². The van der Waals surface area contributed by atoms with Gasteiger partial charge in [-0.05, 0) is 33.6 Å². The van der Waals surface area contributed by atoms with Gasteiger partial charge < -0.3 is 15.2 Å². The van der Waals surface area contributed by atoms with E-state index in [-0.39, 0.29) is 5.91 Å². The zero-order valence-electron chi connectivity index (χ0n) is 11.7. The summed E-state index contributed by atoms with van der Waals surface area (Å²) in [5.41, 5.74) is 0.316. The molecular formula is C13H18N2O4S. The van der Waals surface area contributed by atoms with Crippen LogP contribution in [0.2, 0.25) is 0 Å². The van der Waals surface area contributed by atoms with E-state index in [9.17, 15) is 9.59 Å². The summed E-state index contributed by atoms with van der Waals surface area (Å²) in [7, 11) is 0. The molecule has 2 rings (SSSR count). The molecule has 0 unspecified atom stereocenters. The van der Waals surface area contributed by atoms with Crippen molar-refractivity contribution < 1.29 is 19.4 Å². The Morgan fingerprint density at radius 1 is 1.45 bits per heavy atom. The Morgan fingerprint density at radius 3 is 2.60 bits per heavy atom. The van der Waals surface area contributed by atoms with Crippen molar-refractivity contribution in [2.24, 2.45) is 0 Å². The number of ether oxygens (including phenoxy) is 1. The first-order chi connectivity index (χ1) is 9.29. The molecule has 2 N–H and O–H groups in total. The average Bonchev–Trinajstić information content (AvgIpc) is 2.96. The van der Waals surface area contributed by atoms with E-state index in [0.717, 1.165) is 10.7 Å². The number of hydrogen-bond donors (Lipinski definition) is 2. The lowest BCUT2D eigenvalue weighted by atomic mass is 10.1. The summed E-state index contributed by atoms with van der Waals surface area (Å²) >= 11 is 1.49. The van der Waals surface area contributed by atoms with Crippen LogP contribution in [-0.4, -0.2) is 34.2 Å². The topological polar surface area (TPSA) is 88.5 Å². The highest BCUT2D eigenvalue weighted by molar-refractivity contribution is 7.09. The quantitative estimate of drug-likeness (QED) is 0.878. The number of nitrogens with zero attached hydrogens (tertiary/aromatic N) is 1. The van der Waals surface area contributed by atoms with E-state index in [1.165, 1.54) is 11.3 Å². The van der Waals surface area contributed by atoms with Crippen molar-refractivity contribution in [3.05, 3.63) is 16.1 Å². The molecule has 1 aliphatic rings. The molecule has 2 atom stereocenters. The molecule has 7 heteroatoms. The highest BCUT2D eigenvalue weighted by atomic mass is 32.1. The number of amides is 1. The molecule has 0 radical (unpaired) electrons. The molecule has 0 saturated carbocycles. The van der Waals surface area contributed by atoms with Gasteiger partial charge in [0.1, 0.15) is 11.1 Å². The molecule has 1 aromatic rings. The number of aliphatic carboxylic acids is 1. The molecule has 0 aromatic carbocycles. The van der Waals surface area contributed by atoms with Crippen LogP contribution in [0.25, 0.3) is 0 Å². The minimum Gasteiger partial charge on any atom is -0.479 e. The van der Waals surface area contributed by atoms with Crippen LogP contribution in [0, 0.1) is 6.92 Å². The Bertz CT molecular complexity index is 526. The molecular weight excluding hydrogens is 280 g/mol. The summed E-state index contributed by atoms with van der Waals surface area (Å²) in [5.74, 6) is -1.30. The number of aromatic nitrogens is 1. The normalized spacial score (nSPS) is 22.8. The molecule has 6 nitrogen and oxygen atoms in total. The van der Waals surface area contributed by atoms with Crippen LogP contribution in [0.5, 0.6) is 0 Å². The van der Waals surface area contributed by atoms with Crippen molar-refractivity contribution in [3.63, 3.8) is 0 Å². The van der Waals surface area contributed by atoms with Crippen LogP contribution in [0.15, 0.2) is 5.38 Å². The number of carboxylic acids is 1. The fraction of sp³-hybridized carbons (Fsp3) is 0.615. The Morgan fingerprint density at radius 2 is 2.10 bits per heavy atom. The van der Waals surface area contributed by atoms with E-state index in [4.69, 9.17) is 9.84 Å². The van der Waals surface area contributed by atoms with E-state index in [0.29, 0.717) is 12.8 Å². The third-order valence-electron chi connectivity index (χ3n) is 3.18. The third-order valence-corrected chi connectivity index (χ3v) is 4.46. The zero-order valence-corrected chi connectivity index (χ0v) is 12.5. The Balaban J connectivity index is 1.99. The highest BCUT2D eigenvalue weighted by Crippen LogP contribution is 2.26. The lowest BCUT2D eigenvalue weighted by Gasteiger charge is -2.25. The number of hydrogen-bond acceptors (Lipinski definition) is 5. The minimum atomic E-state index is -1.02. The predicted octanol–water partition coefficient (Wildman–Crippen LogP) is 1.44. The van der Waals surface area contributed by atoms with Crippen molar-refractivity contribution in [2.45, 2.75) is 51.4 Å². The number of nitrogens with one attached hydrogen (secondary N) is 1. The van der Waals surface area contributed by atoms with Crippen LogP contribution >= 0.6 is 11.3 Å². The van der Waals surface area contributed by atoms with Crippen LogP contribution < -0.4 is 5.32 Å². The molecule has 2 heterocycles. The average molecular weight is 298 g/mol. The molecule has 1 saturated heterocycles. The van der Waals surface area contributed by atoms with Gasteiger partial charge in [0.25, 0.3) is 0 Å². The Hall–Kier alpha value is -1.47. The van der Waals surface area contributed by atoms with Crippen LogP contribution in [0.3, 0.4) is 0 Å². The summed E-state index contributed by atoms with van der Waals surface area (Å²) in [6, 6.07) is 0. The van der Waals surface area contributed by atoms with Crippen molar-refractivity contribution in [3.8, 4) is 0 Å². The van der Waals surface area contributed by atoms with Crippen molar-refractivity contribution >= 4 is 23.2 Å². The maximum Gasteiger partial charge on any atom is 0.332 e. The fourth-order valence-corrected chi connectivity index (χ4v) is 2.97. The van der Waals surface area contributed by atoms with Crippen LogP contribution in [0.1, 0.15) is 37.4 Å². The Labute approximate surface area is 121 Å². The maximum absolute atomic E-state index is 12.2. The molecule has 1 aromatic heterocycles. The molecule has 0 bridgehead atoms. The lowest BCUT2D eigenvalue weighted by molar-refractivity contribution is -0.152. The van der Waals surface area contributed by atoms with Crippen molar-refractivity contribution in [1.82, 2.24) is 10.3 Å². The molecule has 1 aliphatic heterocycles. The number of thiazole rings is 1. The van der Waals surface area contributed by atoms with E-state index in [1.54, 1.807) is 0 Å². The van der Waals surface area contributed by atoms with E-state index in [1.807, 2.05) is 26.2 Å². The van der Waals surface area contributed by atoms with Gasteiger partial charge in [0, 0.05) is 11.1 Å². The number of carbonyl (C=O) groups is 2. The molecule has 1 fully saturated rings. The van der Waals surface area contributed by atoms with E-state index < -0.39 is 23.7 Å². The summed E-state index contributed by atoms with van der Waals surface area (Å²) in [4.78, 5) is 27.3. The number of aryl methyl sites for hydroxylation is 1. The summed E-state index contributed by atoms with van der Waals surface area (Å²) in [6.45, 7) is 5.63. The summed E-state index contributed by atoms with van der Waals surface area (Å²) < 4.78 is 5.24. The largest absolute Gasteiger partial charge is 0.479 e. The minimum absolute atomic E-state index is 0.286. The lowest BCUT2D eigenvalue weighted by Crippen LogP contribution is -2.46. The molecule has 0 aliphatic carbocycles. The molecule has 110 valence electrons. The standard InChI is InChI=1S/C13H18N2O4S/c1-7-6-20-12(14-7)13(2,3)15-10(16)8-4-5-9(19-8)11(17)18/h6,8-9H,4-5H2,1-3H3,(H,15,16)(H,17,18)/t8-,9+/m0/s1. The van der Waals surface area contributed by atoms with Gasteiger partial charge in [-0.15, -0.1) is 11.3 Å². The van der Waals surface area contributed by atoms with E-state index in [2.05, 4.69) is 10.3 Å². The second-order valence-corrected chi connectivity index (χ2v) is 6.30. The first kappa shape index (κ1) is 14.9. The second kappa shape index (κ2) is 5.49. The predicted molar refractivity (Wildman–Crippen MR) is 73.6 cm³/mol. The molecule has 1 amide bonds. The molecule has 20 heavy (non-hydrogen) atoms. The number of carbonyl (C=O) groups excluding carboxylic acids is 1. The second-order valence-electron chi connectivity index (χ2n) is 5.44.